The van der Waals surface area contributed by atoms with Gasteiger partial charge in [0.1, 0.15) is 11.4 Å². The maximum Gasteiger partial charge on any atom is 0.247 e. The molecule has 1 aliphatic heterocycles. The van der Waals surface area contributed by atoms with Crippen molar-refractivity contribution in [1.82, 2.24) is 14.5 Å². The molecule has 2 aromatic rings. The Labute approximate surface area is 199 Å². The lowest BCUT2D eigenvalue weighted by Crippen LogP contribution is -2.69. The van der Waals surface area contributed by atoms with E-state index in [9.17, 15) is 22.4 Å². The van der Waals surface area contributed by atoms with Crippen LogP contribution in [0.15, 0.2) is 59.5 Å². The van der Waals surface area contributed by atoms with Gasteiger partial charge in [0.2, 0.25) is 21.8 Å². The highest BCUT2D eigenvalue weighted by molar-refractivity contribution is 7.89. The van der Waals surface area contributed by atoms with Crippen LogP contribution >= 0.6 is 0 Å². The summed E-state index contributed by atoms with van der Waals surface area (Å²) in [5.74, 6) is -1.33. The molecule has 8 nitrogen and oxygen atoms in total. The third-order valence-electron chi connectivity index (χ3n) is 5.80. The summed E-state index contributed by atoms with van der Waals surface area (Å²) in [5.41, 5.74) is -0.763. The first-order valence-corrected chi connectivity index (χ1v) is 12.6. The molecule has 1 unspecified atom stereocenters. The van der Waals surface area contributed by atoms with Crippen molar-refractivity contribution in [2.75, 3.05) is 32.8 Å². The van der Waals surface area contributed by atoms with Crippen molar-refractivity contribution in [1.29, 1.82) is 0 Å². The molecule has 0 spiro atoms. The first-order chi connectivity index (χ1) is 16.2. The first-order valence-electron chi connectivity index (χ1n) is 11.1. The Balaban J connectivity index is 1.85. The number of amides is 2. The van der Waals surface area contributed by atoms with Crippen molar-refractivity contribution in [3.8, 4) is 0 Å². The van der Waals surface area contributed by atoms with Crippen molar-refractivity contribution in [2.45, 2.75) is 37.2 Å². The Kier molecular flexibility index (Phi) is 8.40. The SMILES string of the molecule is CCOCCCN1C(=O)CN(S(=O)(=O)c2ccccc2)CC1(C)C(=O)NCc1ccc(F)cc1. The second-order valence-electron chi connectivity index (χ2n) is 8.27. The van der Waals surface area contributed by atoms with E-state index in [0.29, 0.717) is 25.2 Å². The van der Waals surface area contributed by atoms with Crippen molar-refractivity contribution >= 4 is 21.8 Å². The van der Waals surface area contributed by atoms with Crippen molar-refractivity contribution in [3.63, 3.8) is 0 Å². The minimum absolute atomic E-state index is 0.0571. The zero-order chi connectivity index (χ0) is 24.8. The summed E-state index contributed by atoms with van der Waals surface area (Å²) in [6.45, 7) is 4.20. The van der Waals surface area contributed by atoms with Crippen LogP contribution in [-0.2, 0) is 30.9 Å². The summed E-state index contributed by atoms with van der Waals surface area (Å²) in [4.78, 5) is 28.0. The van der Waals surface area contributed by atoms with E-state index in [-0.39, 0.29) is 36.9 Å². The molecule has 2 amide bonds. The van der Waals surface area contributed by atoms with E-state index in [1.165, 1.54) is 29.2 Å². The summed E-state index contributed by atoms with van der Waals surface area (Å²) in [6, 6.07) is 13.5. The van der Waals surface area contributed by atoms with Gasteiger partial charge in [-0.1, -0.05) is 30.3 Å². The molecule has 1 fully saturated rings. The van der Waals surface area contributed by atoms with Crippen LogP contribution in [0.25, 0.3) is 0 Å². The number of nitrogens with one attached hydrogen (secondary N) is 1. The van der Waals surface area contributed by atoms with Crippen LogP contribution < -0.4 is 5.32 Å². The molecule has 0 radical (unpaired) electrons. The number of benzene rings is 2. The highest BCUT2D eigenvalue weighted by Gasteiger charge is 2.50. The summed E-state index contributed by atoms with van der Waals surface area (Å²) in [5, 5.41) is 2.78. The fourth-order valence-corrected chi connectivity index (χ4v) is 5.42. The molecule has 1 saturated heterocycles. The van der Waals surface area contributed by atoms with Crippen LogP contribution in [-0.4, -0.2) is 67.8 Å². The van der Waals surface area contributed by atoms with Gasteiger partial charge in [0.15, 0.2) is 0 Å². The summed E-state index contributed by atoms with van der Waals surface area (Å²) >= 11 is 0. The van der Waals surface area contributed by atoms with Gasteiger partial charge in [-0.05, 0) is 50.1 Å². The van der Waals surface area contributed by atoms with Gasteiger partial charge in [0, 0.05) is 32.8 Å². The van der Waals surface area contributed by atoms with Gasteiger partial charge < -0.3 is 15.0 Å². The molecule has 1 N–H and O–H groups in total. The molecular weight excluding hydrogens is 461 g/mol. The molecule has 10 heteroatoms. The second kappa shape index (κ2) is 11.1. The zero-order valence-electron chi connectivity index (χ0n) is 19.4. The van der Waals surface area contributed by atoms with Crippen LogP contribution in [0, 0.1) is 5.82 Å². The summed E-state index contributed by atoms with van der Waals surface area (Å²) in [6.07, 6.45) is 0.506. The first kappa shape index (κ1) is 25.8. The van der Waals surface area contributed by atoms with Gasteiger partial charge >= 0.3 is 0 Å². The summed E-state index contributed by atoms with van der Waals surface area (Å²) in [7, 11) is -3.98. The van der Waals surface area contributed by atoms with E-state index in [1.807, 2.05) is 6.92 Å². The van der Waals surface area contributed by atoms with E-state index in [1.54, 1.807) is 37.3 Å². The second-order valence-corrected chi connectivity index (χ2v) is 10.2. The number of piperazine rings is 1. The van der Waals surface area contributed by atoms with E-state index >= 15 is 0 Å². The van der Waals surface area contributed by atoms with Crippen LogP contribution in [0.4, 0.5) is 4.39 Å². The Hall–Kier alpha value is -2.82. The minimum Gasteiger partial charge on any atom is -0.382 e. The average Bonchev–Trinajstić information content (AvgIpc) is 2.83. The number of sulfonamides is 1. The smallest absolute Gasteiger partial charge is 0.247 e. The van der Waals surface area contributed by atoms with Gasteiger partial charge in [-0.15, -0.1) is 0 Å². The van der Waals surface area contributed by atoms with E-state index in [2.05, 4.69) is 5.32 Å². The topological polar surface area (TPSA) is 96.0 Å². The number of ether oxygens (including phenoxy) is 1. The Bertz CT molecular complexity index is 1100. The standard InChI is InChI=1S/C24H30FN3O5S/c1-3-33-15-7-14-28-22(29)17-27(34(31,32)21-8-5-4-6-9-21)18-24(28,2)23(30)26-16-19-10-12-20(25)13-11-19/h4-6,8-13H,3,7,14-18H2,1-2H3,(H,26,30). The maximum atomic E-state index is 13.4. The monoisotopic (exact) mass is 491 g/mol. The molecule has 3 rings (SSSR count). The number of hydrogen-bond acceptors (Lipinski definition) is 5. The quantitative estimate of drug-likeness (QED) is 0.514. The summed E-state index contributed by atoms with van der Waals surface area (Å²) < 4.78 is 46.1. The highest BCUT2D eigenvalue weighted by Crippen LogP contribution is 2.28. The minimum atomic E-state index is -3.98. The number of carbonyl (C=O) groups excluding carboxylic acids is 2. The van der Waals surface area contributed by atoms with E-state index in [4.69, 9.17) is 4.74 Å². The van der Waals surface area contributed by atoms with Gasteiger partial charge in [-0.3, -0.25) is 9.59 Å². The van der Waals surface area contributed by atoms with Gasteiger partial charge in [-0.2, -0.15) is 4.31 Å². The predicted molar refractivity (Wildman–Crippen MR) is 125 cm³/mol. The van der Waals surface area contributed by atoms with E-state index < -0.39 is 27.4 Å². The molecule has 1 heterocycles. The number of rotatable bonds is 10. The number of nitrogens with zero attached hydrogens (tertiary/aromatic N) is 2. The Morgan fingerprint density at radius 3 is 2.47 bits per heavy atom. The van der Waals surface area contributed by atoms with Crippen LogP contribution in [0.2, 0.25) is 0 Å². The lowest BCUT2D eigenvalue weighted by atomic mass is 9.95. The van der Waals surface area contributed by atoms with Gasteiger partial charge in [-0.25, -0.2) is 12.8 Å². The largest absolute Gasteiger partial charge is 0.382 e. The average molecular weight is 492 g/mol. The molecule has 0 aliphatic carbocycles. The van der Waals surface area contributed by atoms with E-state index in [0.717, 1.165) is 4.31 Å². The molecular formula is C24H30FN3O5S. The van der Waals surface area contributed by atoms with Crippen LogP contribution in [0.3, 0.4) is 0 Å². The molecule has 0 bridgehead atoms. The molecule has 0 aromatic heterocycles. The van der Waals surface area contributed by atoms with Crippen LogP contribution in [0.5, 0.6) is 0 Å². The third-order valence-corrected chi connectivity index (χ3v) is 7.61. The Morgan fingerprint density at radius 1 is 1.15 bits per heavy atom. The maximum absolute atomic E-state index is 13.4. The Morgan fingerprint density at radius 2 is 1.82 bits per heavy atom. The molecule has 184 valence electrons. The lowest BCUT2D eigenvalue weighted by Gasteiger charge is -2.46. The van der Waals surface area contributed by atoms with Gasteiger partial charge in [0.05, 0.1) is 11.4 Å². The fraction of sp³-hybridized carbons (Fsp3) is 0.417. The molecule has 1 aliphatic rings. The van der Waals surface area contributed by atoms with Crippen molar-refractivity contribution in [3.05, 3.63) is 66.0 Å². The molecule has 0 saturated carbocycles. The normalized spacial score (nSPS) is 19.3. The number of hydrogen-bond donors (Lipinski definition) is 1. The molecule has 34 heavy (non-hydrogen) atoms. The highest BCUT2D eigenvalue weighted by atomic mass is 32.2. The van der Waals surface area contributed by atoms with Crippen LogP contribution in [0.1, 0.15) is 25.8 Å². The number of halogens is 1. The predicted octanol–water partition coefficient (Wildman–Crippen LogP) is 2.16. The lowest BCUT2D eigenvalue weighted by molar-refractivity contribution is -0.153. The molecule has 2 aromatic carbocycles. The number of carbonyl (C=O) groups is 2. The van der Waals surface area contributed by atoms with Crippen molar-refractivity contribution in [2.24, 2.45) is 0 Å². The molecule has 1 atom stereocenters. The zero-order valence-corrected chi connectivity index (χ0v) is 20.2. The fourth-order valence-electron chi connectivity index (χ4n) is 3.92. The third kappa shape index (κ3) is 5.81. The van der Waals surface area contributed by atoms with Crippen molar-refractivity contribution < 1.29 is 27.1 Å². The van der Waals surface area contributed by atoms with Gasteiger partial charge in [0.25, 0.3) is 0 Å².